The Bertz CT molecular complexity index is 80.1. The molecular weight excluding hydrogens is 106 g/mol. The molecule has 0 saturated carbocycles. The minimum Gasteiger partial charge on any atom is -0.299 e. The summed E-state index contributed by atoms with van der Waals surface area (Å²) >= 11 is 1.83. The molecule has 0 saturated heterocycles. The van der Waals surface area contributed by atoms with Crippen molar-refractivity contribution in [1.82, 2.24) is 5.32 Å². The molecule has 1 rings (SSSR count). The maximum Gasteiger partial charge on any atom is 0.0719 e. The first kappa shape index (κ1) is 5.19. The molecule has 2 heteroatoms. The lowest BCUT2D eigenvalue weighted by molar-refractivity contribution is 0.849. The average Bonchev–Trinajstić information content (AvgIpc) is 2.14. The van der Waals surface area contributed by atoms with Crippen LogP contribution < -0.4 is 5.32 Å². The molecule has 7 heavy (non-hydrogen) atoms. The first-order chi connectivity index (χ1) is 3.43. The molecule has 1 N–H and O–H groups in total. The predicted octanol–water partition coefficient (Wildman–Crippen LogP) is 0.835. The largest absolute Gasteiger partial charge is 0.299 e. The molecule has 0 aromatic rings. The van der Waals surface area contributed by atoms with E-state index in [-0.39, 0.29) is 0 Å². The quantitative estimate of drug-likeness (QED) is 0.508. The van der Waals surface area contributed by atoms with Crippen molar-refractivity contribution < 1.29 is 0 Å². The molecule has 1 nitrogen and oxygen atoms in total. The van der Waals surface area contributed by atoms with Gasteiger partial charge in [0.1, 0.15) is 0 Å². The van der Waals surface area contributed by atoms with Crippen LogP contribution in [0.4, 0.5) is 0 Å². The Kier molecular flexibility index (Phi) is 1.77. The van der Waals surface area contributed by atoms with E-state index in [2.05, 4.69) is 23.7 Å². The maximum absolute atomic E-state index is 3.26. The van der Waals surface area contributed by atoms with Crippen LogP contribution in [0, 0.1) is 0 Å². The molecule has 1 aliphatic rings. The van der Waals surface area contributed by atoms with Gasteiger partial charge >= 0.3 is 0 Å². The Labute approximate surface area is 48.2 Å². The van der Waals surface area contributed by atoms with Gasteiger partial charge in [-0.15, -0.1) is 11.8 Å². The number of hydrogen-bond acceptors (Lipinski definition) is 2. The molecule has 0 fully saturated rings. The third-order valence-corrected chi connectivity index (χ3v) is 1.83. The van der Waals surface area contributed by atoms with Crippen LogP contribution in [-0.4, -0.2) is 18.2 Å². The van der Waals surface area contributed by atoms with Crippen LogP contribution in [0.25, 0.3) is 0 Å². The maximum atomic E-state index is 3.26. The summed E-state index contributed by atoms with van der Waals surface area (Å²) in [5.74, 6) is 0. The number of hydrogen-bond donors (Lipinski definition) is 1. The summed E-state index contributed by atoms with van der Waals surface area (Å²) in [6, 6.07) is 0. The standard InChI is InChI=1S/C5H9NS/c1-7-5-3-2-4-6-5/h2-3,5-6H,4H2,1H3. The lowest BCUT2D eigenvalue weighted by Crippen LogP contribution is -2.17. The second kappa shape index (κ2) is 2.38. The Balaban J connectivity index is 2.28. The Morgan fingerprint density at radius 3 is 3.00 bits per heavy atom. The van der Waals surface area contributed by atoms with Crippen LogP contribution in [0.15, 0.2) is 12.2 Å². The smallest absolute Gasteiger partial charge is 0.0719 e. The third kappa shape index (κ3) is 1.21. The van der Waals surface area contributed by atoms with Crippen molar-refractivity contribution in [2.45, 2.75) is 5.37 Å². The van der Waals surface area contributed by atoms with Gasteiger partial charge in [0, 0.05) is 6.54 Å². The normalized spacial score (nSPS) is 29.0. The molecule has 1 aliphatic heterocycles. The molecule has 0 radical (unpaired) electrons. The third-order valence-electron chi connectivity index (χ3n) is 1.00. The molecule has 40 valence electrons. The second-order valence-electron chi connectivity index (χ2n) is 1.49. The van der Waals surface area contributed by atoms with Crippen LogP contribution in [0.1, 0.15) is 0 Å². The molecule has 0 spiro atoms. The van der Waals surface area contributed by atoms with E-state index in [0.717, 1.165) is 6.54 Å². The van der Waals surface area contributed by atoms with Gasteiger partial charge in [-0.25, -0.2) is 0 Å². The van der Waals surface area contributed by atoms with Crippen molar-refractivity contribution in [3.63, 3.8) is 0 Å². The van der Waals surface area contributed by atoms with E-state index in [1.807, 2.05) is 11.8 Å². The van der Waals surface area contributed by atoms with E-state index >= 15 is 0 Å². The summed E-state index contributed by atoms with van der Waals surface area (Å²) in [6.07, 6.45) is 6.44. The lowest BCUT2D eigenvalue weighted by atomic mass is 10.6. The molecule has 1 heterocycles. The highest BCUT2D eigenvalue weighted by Gasteiger charge is 2.02. The van der Waals surface area contributed by atoms with E-state index < -0.39 is 0 Å². The number of nitrogens with one attached hydrogen (secondary N) is 1. The van der Waals surface area contributed by atoms with Gasteiger partial charge in [0.25, 0.3) is 0 Å². The minimum absolute atomic E-state index is 0.583. The summed E-state index contributed by atoms with van der Waals surface area (Å²) in [7, 11) is 0. The summed E-state index contributed by atoms with van der Waals surface area (Å²) < 4.78 is 0. The van der Waals surface area contributed by atoms with Gasteiger partial charge in [-0.1, -0.05) is 12.2 Å². The van der Waals surface area contributed by atoms with Crippen LogP contribution in [0.5, 0.6) is 0 Å². The molecule has 0 amide bonds. The van der Waals surface area contributed by atoms with Gasteiger partial charge in [-0.3, -0.25) is 5.32 Å². The van der Waals surface area contributed by atoms with Crippen LogP contribution in [0.2, 0.25) is 0 Å². The average molecular weight is 115 g/mol. The van der Waals surface area contributed by atoms with Crippen molar-refractivity contribution in [1.29, 1.82) is 0 Å². The molecule has 1 atom stereocenters. The van der Waals surface area contributed by atoms with Crippen molar-refractivity contribution >= 4 is 11.8 Å². The van der Waals surface area contributed by atoms with Crippen molar-refractivity contribution in [2.75, 3.05) is 12.8 Å². The van der Waals surface area contributed by atoms with Gasteiger partial charge in [-0.05, 0) is 6.26 Å². The zero-order valence-corrected chi connectivity index (χ0v) is 5.16. The monoisotopic (exact) mass is 115 g/mol. The summed E-state index contributed by atoms with van der Waals surface area (Å²) in [5, 5.41) is 3.84. The van der Waals surface area contributed by atoms with Gasteiger partial charge in [-0.2, -0.15) is 0 Å². The summed E-state index contributed by atoms with van der Waals surface area (Å²) in [5.41, 5.74) is 0. The molecule has 0 aromatic heterocycles. The van der Waals surface area contributed by atoms with Crippen molar-refractivity contribution in [3.05, 3.63) is 12.2 Å². The SMILES string of the molecule is CSC1C=CCN1. The first-order valence-corrected chi connectivity index (χ1v) is 3.65. The topological polar surface area (TPSA) is 12.0 Å². The van der Waals surface area contributed by atoms with Crippen molar-refractivity contribution in [3.8, 4) is 0 Å². The van der Waals surface area contributed by atoms with E-state index in [9.17, 15) is 0 Å². The molecule has 0 aliphatic carbocycles. The zero-order chi connectivity index (χ0) is 5.11. The fourth-order valence-corrected chi connectivity index (χ4v) is 1.14. The highest BCUT2D eigenvalue weighted by molar-refractivity contribution is 7.99. The van der Waals surface area contributed by atoms with E-state index in [4.69, 9.17) is 0 Å². The first-order valence-electron chi connectivity index (χ1n) is 2.36. The highest BCUT2D eigenvalue weighted by Crippen LogP contribution is 2.06. The molecule has 1 unspecified atom stereocenters. The van der Waals surface area contributed by atoms with Crippen LogP contribution >= 0.6 is 11.8 Å². The van der Waals surface area contributed by atoms with Gasteiger partial charge in [0.05, 0.1) is 5.37 Å². The van der Waals surface area contributed by atoms with E-state index in [1.54, 1.807) is 0 Å². The fourth-order valence-electron chi connectivity index (χ4n) is 0.606. The van der Waals surface area contributed by atoms with Gasteiger partial charge in [0.15, 0.2) is 0 Å². The van der Waals surface area contributed by atoms with E-state index in [1.165, 1.54) is 0 Å². The summed E-state index contributed by atoms with van der Waals surface area (Å²) in [4.78, 5) is 0. The summed E-state index contributed by atoms with van der Waals surface area (Å²) in [6.45, 7) is 1.05. The second-order valence-corrected chi connectivity index (χ2v) is 2.47. The van der Waals surface area contributed by atoms with Crippen LogP contribution in [0.3, 0.4) is 0 Å². The number of thioether (sulfide) groups is 1. The van der Waals surface area contributed by atoms with Crippen LogP contribution in [-0.2, 0) is 0 Å². The number of rotatable bonds is 1. The molecule has 0 bridgehead atoms. The lowest BCUT2D eigenvalue weighted by Gasteiger charge is -2.00. The Morgan fingerprint density at radius 1 is 1.86 bits per heavy atom. The minimum atomic E-state index is 0.583. The predicted molar refractivity (Wildman–Crippen MR) is 34.4 cm³/mol. The fraction of sp³-hybridized carbons (Fsp3) is 0.600. The van der Waals surface area contributed by atoms with Gasteiger partial charge < -0.3 is 0 Å². The van der Waals surface area contributed by atoms with E-state index in [0.29, 0.717) is 5.37 Å². The molecule has 0 aromatic carbocycles. The Morgan fingerprint density at radius 2 is 2.71 bits per heavy atom. The molecular formula is C5H9NS. The zero-order valence-electron chi connectivity index (χ0n) is 4.35. The van der Waals surface area contributed by atoms with Crippen molar-refractivity contribution in [2.24, 2.45) is 0 Å². The highest BCUT2D eigenvalue weighted by atomic mass is 32.2. The van der Waals surface area contributed by atoms with Gasteiger partial charge in [0.2, 0.25) is 0 Å². The Hall–Kier alpha value is 0.0500.